The maximum absolute atomic E-state index is 13.9. The molecular formula is C32H37FN4O5S. The van der Waals surface area contributed by atoms with E-state index in [1.807, 2.05) is 6.92 Å². The number of amides is 3. The third kappa shape index (κ3) is 7.52. The number of sulfonamides is 1. The van der Waals surface area contributed by atoms with Crippen molar-refractivity contribution in [1.82, 2.24) is 14.1 Å². The molecular weight excluding hydrogens is 571 g/mol. The smallest absolute Gasteiger partial charge is 0.321 e. The molecule has 11 heteroatoms. The normalized spacial score (nSPS) is 15.8. The Labute approximate surface area is 252 Å². The van der Waals surface area contributed by atoms with E-state index < -0.39 is 10.0 Å². The number of piperidine rings is 1. The summed E-state index contributed by atoms with van der Waals surface area (Å²) < 4.78 is 47.4. The molecule has 3 aromatic carbocycles. The van der Waals surface area contributed by atoms with E-state index >= 15 is 0 Å². The van der Waals surface area contributed by atoms with Gasteiger partial charge in [0.15, 0.2) is 0 Å². The first-order valence-corrected chi connectivity index (χ1v) is 15.9. The Balaban J connectivity index is 1.30. The van der Waals surface area contributed by atoms with Gasteiger partial charge in [0.1, 0.15) is 11.6 Å². The van der Waals surface area contributed by atoms with Crippen molar-refractivity contribution >= 4 is 27.6 Å². The highest BCUT2D eigenvalue weighted by molar-refractivity contribution is 7.89. The van der Waals surface area contributed by atoms with E-state index in [-0.39, 0.29) is 47.8 Å². The molecule has 2 fully saturated rings. The Morgan fingerprint density at radius 1 is 0.907 bits per heavy atom. The average molecular weight is 609 g/mol. The summed E-state index contributed by atoms with van der Waals surface area (Å²) in [6, 6.07) is 19.0. The molecule has 1 saturated carbocycles. The number of benzene rings is 3. The number of carbonyl (C=O) groups excluding carboxylic acids is 2. The van der Waals surface area contributed by atoms with Crippen molar-refractivity contribution in [3.63, 3.8) is 0 Å². The quantitative estimate of drug-likeness (QED) is 0.349. The van der Waals surface area contributed by atoms with Gasteiger partial charge in [-0.1, -0.05) is 29.8 Å². The molecule has 1 heterocycles. The molecule has 0 unspecified atom stereocenters. The lowest BCUT2D eigenvalue weighted by Gasteiger charge is -2.39. The summed E-state index contributed by atoms with van der Waals surface area (Å²) in [5.41, 5.74) is 2.34. The Hall–Kier alpha value is -3.96. The van der Waals surface area contributed by atoms with E-state index in [0.717, 1.165) is 11.1 Å². The largest absolute Gasteiger partial charge is 0.497 e. The van der Waals surface area contributed by atoms with Crippen LogP contribution in [0.5, 0.6) is 5.75 Å². The summed E-state index contributed by atoms with van der Waals surface area (Å²) in [5, 5.41) is 2.90. The first-order valence-electron chi connectivity index (χ1n) is 14.5. The maximum Gasteiger partial charge on any atom is 0.321 e. The van der Waals surface area contributed by atoms with Crippen molar-refractivity contribution < 1.29 is 27.1 Å². The van der Waals surface area contributed by atoms with Gasteiger partial charge in [0, 0.05) is 37.4 Å². The molecule has 0 radical (unpaired) electrons. The summed E-state index contributed by atoms with van der Waals surface area (Å²) in [5.74, 6) is 0.00611. The number of rotatable bonds is 10. The fourth-order valence-electron chi connectivity index (χ4n) is 5.31. The number of nitrogens with one attached hydrogen (secondary N) is 1. The van der Waals surface area contributed by atoms with Gasteiger partial charge in [-0.25, -0.2) is 17.6 Å². The van der Waals surface area contributed by atoms with Crippen molar-refractivity contribution in [2.45, 2.75) is 56.1 Å². The Morgan fingerprint density at radius 3 is 2.12 bits per heavy atom. The third-order valence-corrected chi connectivity index (χ3v) is 9.91. The molecule has 0 atom stereocenters. The summed E-state index contributed by atoms with van der Waals surface area (Å²) in [4.78, 5) is 30.5. The van der Waals surface area contributed by atoms with Gasteiger partial charge in [0.2, 0.25) is 15.9 Å². The lowest BCUT2D eigenvalue weighted by atomic mass is 10.0. The van der Waals surface area contributed by atoms with Gasteiger partial charge >= 0.3 is 6.03 Å². The maximum atomic E-state index is 13.9. The van der Waals surface area contributed by atoms with Crippen LogP contribution in [-0.2, 0) is 21.4 Å². The van der Waals surface area contributed by atoms with Crippen LogP contribution in [0.3, 0.4) is 0 Å². The highest BCUT2D eigenvalue weighted by Gasteiger charge is 2.41. The van der Waals surface area contributed by atoms with Crippen LogP contribution in [0.2, 0.25) is 0 Å². The number of aryl methyl sites for hydroxylation is 1. The van der Waals surface area contributed by atoms with Crippen LogP contribution in [0.1, 0.15) is 36.8 Å². The van der Waals surface area contributed by atoms with Gasteiger partial charge in [-0.15, -0.1) is 0 Å². The second-order valence-electron chi connectivity index (χ2n) is 11.1. The van der Waals surface area contributed by atoms with Crippen molar-refractivity contribution in [2.75, 3.05) is 32.1 Å². The van der Waals surface area contributed by atoms with Crippen LogP contribution in [0.25, 0.3) is 0 Å². The molecule has 1 aliphatic heterocycles. The molecule has 228 valence electrons. The van der Waals surface area contributed by atoms with E-state index in [4.69, 9.17) is 4.74 Å². The van der Waals surface area contributed by atoms with Gasteiger partial charge in [-0.2, -0.15) is 4.31 Å². The minimum Gasteiger partial charge on any atom is -0.497 e. The topological polar surface area (TPSA) is 99.3 Å². The number of carbonyl (C=O) groups is 2. The molecule has 3 amide bonds. The number of halogens is 1. The Kier molecular flexibility index (Phi) is 9.31. The van der Waals surface area contributed by atoms with Crippen LogP contribution >= 0.6 is 0 Å². The fraction of sp³-hybridized carbons (Fsp3) is 0.375. The lowest BCUT2D eigenvalue weighted by Crippen LogP contribution is -2.52. The predicted molar refractivity (Wildman–Crippen MR) is 162 cm³/mol. The van der Waals surface area contributed by atoms with E-state index in [2.05, 4.69) is 5.32 Å². The van der Waals surface area contributed by atoms with Crippen molar-refractivity contribution in [2.24, 2.45) is 0 Å². The van der Waals surface area contributed by atoms with Crippen molar-refractivity contribution in [3.05, 3.63) is 89.7 Å². The van der Waals surface area contributed by atoms with Gasteiger partial charge in [-0.05, 0) is 86.7 Å². The molecule has 0 spiro atoms. The minimum absolute atomic E-state index is 0.166. The van der Waals surface area contributed by atoms with Crippen molar-refractivity contribution in [3.8, 4) is 5.75 Å². The highest BCUT2D eigenvalue weighted by Crippen LogP contribution is 2.33. The molecule has 3 aromatic rings. The first-order chi connectivity index (χ1) is 20.6. The zero-order chi connectivity index (χ0) is 30.6. The zero-order valence-corrected chi connectivity index (χ0v) is 25.2. The molecule has 43 heavy (non-hydrogen) atoms. The minimum atomic E-state index is -3.88. The van der Waals surface area contributed by atoms with Crippen molar-refractivity contribution in [1.29, 1.82) is 0 Å². The van der Waals surface area contributed by atoms with E-state index in [0.29, 0.717) is 50.2 Å². The van der Waals surface area contributed by atoms with Crippen LogP contribution < -0.4 is 10.1 Å². The Bertz CT molecular complexity index is 1520. The van der Waals surface area contributed by atoms with Gasteiger partial charge in [0.05, 0.1) is 18.6 Å². The number of likely N-dealkylation sites (tertiary alicyclic amines) is 1. The number of ether oxygens (including phenoxy) is 1. The van der Waals surface area contributed by atoms with Gasteiger partial charge in [0.25, 0.3) is 0 Å². The summed E-state index contributed by atoms with van der Waals surface area (Å²) in [6.07, 6.45) is 2.46. The molecule has 0 aromatic heterocycles. The molecule has 1 aliphatic carbocycles. The average Bonchev–Trinajstić information content (AvgIpc) is 3.85. The first kappa shape index (κ1) is 30.5. The molecule has 0 bridgehead atoms. The number of methoxy groups -OCH3 is 1. The molecule has 1 N–H and O–H groups in total. The van der Waals surface area contributed by atoms with Crippen LogP contribution in [0, 0.1) is 12.7 Å². The standard InChI is InChI=1S/C32H37FN4O5S/c1-23-3-15-30(16-4-23)43(40,41)37(28-11-12-28)22-31(38)36(21-24-5-7-25(33)8-6-24)27-17-19-35(20-18-27)32(39)34-26-9-13-29(42-2)14-10-26/h3-10,13-16,27-28H,11-12,17-22H2,1-2H3,(H,34,39). The number of hydrogen-bond donors (Lipinski definition) is 1. The van der Waals surface area contributed by atoms with Crippen LogP contribution in [0.15, 0.2) is 77.7 Å². The number of nitrogens with zero attached hydrogens (tertiary/aromatic N) is 3. The molecule has 2 aliphatic rings. The molecule has 5 rings (SSSR count). The number of hydrogen-bond acceptors (Lipinski definition) is 5. The van der Waals surface area contributed by atoms with Gasteiger partial charge < -0.3 is 19.9 Å². The number of anilines is 1. The highest BCUT2D eigenvalue weighted by atomic mass is 32.2. The number of urea groups is 1. The summed E-state index contributed by atoms with van der Waals surface area (Å²) in [6.45, 7) is 2.67. The van der Waals surface area contributed by atoms with E-state index in [1.54, 1.807) is 77.6 Å². The second-order valence-corrected chi connectivity index (χ2v) is 13.0. The predicted octanol–water partition coefficient (Wildman–Crippen LogP) is 5.02. The monoisotopic (exact) mass is 608 g/mol. The molecule has 9 nitrogen and oxygen atoms in total. The second kappa shape index (κ2) is 13.1. The zero-order valence-electron chi connectivity index (χ0n) is 24.4. The Morgan fingerprint density at radius 2 is 1.53 bits per heavy atom. The SMILES string of the molecule is COc1ccc(NC(=O)N2CCC(N(Cc3ccc(F)cc3)C(=O)CN(C3CC3)S(=O)(=O)c3ccc(C)cc3)CC2)cc1. The lowest BCUT2D eigenvalue weighted by molar-refractivity contribution is -0.135. The fourth-order valence-corrected chi connectivity index (χ4v) is 6.94. The van der Waals surface area contributed by atoms with Gasteiger partial charge in [-0.3, -0.25) is 4.79 Å². The van der Waals surface area contributed by atoms with Crippen LogP contribution in [-0.4, -0.2) is 73.3 Å². The summed E-state index contributed by atoms with van der Waals surface area (Å²) >= 11 is 0. The van der Waals surface area contributed by atoms with E-state index in [1.165, 1.54) is 16.4 Å². The third-order valence-electron chi connectivity index (χ3n) is 7.99. The molecule has 1 saturated heterocycles. The van der Waals surface area contributed by atoms with E-state index in [9.17, 15) is 22.4 Å². The van der Waals surface area contributed by atoms with Crippen LogP contribution in [0.4, 0.5) is 14.9 Å². The summed E-state index contributed by atoms with van der Waals surface area (Å²) in [7, 11) is -2.30.